The summed E-state index contributed by atoms with van der Waals surface area (Å²) in [5, 5.41) is 7.52. The van der Waals surface area contributed by atoms with E-state index in [0.717, 1.165) is 28.3 Å². The summed E-state index contributed by atoms with van der Waals surface area (Å²) in [6.45, 7) is 0. The SMILES string of the molecule is Brc1ccc2oc3c(c2c1)=C(c1c2ccccc2c(-c2ccccc2)c2cc(-c4ccccc4)ccc12)CCC=3. The van der Waals surface area contributed by atoms with Crippen LogP contribution in [-0.4, -0.2) is 0 Å². The molecule has 0 fully saturated rings. The third-order valence-electron chi connectivity index (χ3n) is 8.20. The molecule has 0 bridgehead atoms. The Morgan fingerprint density at radius 1 is 0.525 bits per heavy atom. The molecular weight excluding hydrogens is 552 g/mol. The minimum Gasteiger partial charge on any atom is -0.456 e. The molecule has 0 spiro atoms. The minimum atomic E-state index is 0.935. The van der Waals surface area contributed by atoms with Crippen LogP contribution in [0.5, 0.6) is 0 Å². The predicted molar refractivity (Wildman–Crippen MR) is 172 cm³/mol. The Morgan fingerprint density at radius 3 is 1.98 bits per heavy atom. The van der Waals surface area contributed by atoms with E-state index in [4.69, 9.17) is 4.42 Å². The summed E-state index contributed by atoms with van der Waals surface area (Å²) in [4.78, 5) is 0. The average molecular weight is 578 g/mol. The summed E-state index contributed by atoms with van der Waals surface area (Å²) >= 11 is 3.71. The van der Waals surface area contributed by atoms with Crippen LogP contribution >= 0.6 is 15.9 Å². The summed E-state index contributed by atoms with van der Waals surface area (Å²) < 4.78 is 7.46. The van der Waals surface area contributed by atoms with Crippen LogP contribution in [-0.2, 0) is 0 Å². The van der Waals surface area contributed by atoms with Gasteiger partial charge in [0.25, 0.3) is 0 Å². The molecule has 0 unspecified atom stereocenters. The van der Waals surface area contributed by atoms with Gasteiger partial charge in [-0.2, -0.15) is 0 Å². The molecule has 0 N–H and O–H groups in total. The van der Waals surface area contributed by atoms with Crippen LogP contribution in [0.1, 0.15) is 18.4 Å². The van der Waals surface area contributed by atoms with Gasteiger partial charge in [-0.05, 0) is 98.1 Å². The molecule has 7 aromatic rings. The van der Waals surface area contributed by atoms with Crippen molar-refractivity contribution in [2.45, 2.75) is 12.8 Å². The molecule has 6 aromatic carbocycles. The number of furan rings is 1. The fourth-order valence-corrected chi connectivity index (χ4v) is 6.86. The maximum absolute atomic E-state index is 6.39. The summed E-state index contributed by atoms with van der Waals surface area (Å²) in [5.41, 5.74) is 9.59. The Bertz CT molecular complexity index is 2210. The molecule has 8 rings (SSSR count). The largest absolute Gasteiger partial charge is 0.456 e. The van der Waals surface area contributed by atoms with Crippen molar-refractivity contribution in [3.63, 3.8) is 0 Å². The highest BCUT2D eigenvalue weighted by Gasteiger charge is 2.21. The van der Waals surface area contributed by atoms with E-state index in [1.165, 1.54) is 65.5 Å². The molecule has 1 aromatic heterocycles. The van der Waals surface area contributed by atoms with E-state index in [1.54, 1.807) is 0 Å². The van der Waals surface area contributed by atoms with Gasteiger partial charge in [-0.25, -0.2) is 0 Å². The quantitative estimate of drug-likeness (QED) is 0.191. The fourth-order valence-electron chi connectivity index (χ4n) is 6.50. The van der Waals surface area contributed by atoms with Crippen LogP contribution in [0, 0.1) is 0 Å². The van der Waals surface area contributed by atoms with Crippen molar-refractivity contribution >= 4 is 60.1 Å². The van der Waals surface area contributed by atoms with Gasteiger partial charge in [-0.3, -0.25) is 0 Å². The van der Waals surface area contributed by atoms with Gasteiger partial charge in [-0.1, -0.05) is 113 Å². The standard InChI is InChI=1S/C38H25BrO/c39-27-19-21-34-33(23-27)38-31(16-9-17-35(38)40-34)37-29-15-8-7-14-28(29)36(25-12-5-2-6-13-25)32-22-26(18-20-30(32)37)24-10-3-1-4-11-24/h1-8,10-15,17-23H,9,16H2. The van der Waals surface area contributed by atoms with E-state index in [-0.39, 0.29) is 0 Å². The van der Waals surface area contributed by atoms with Crippen molar-refractivity contribution in [1.29, 1.82) is 0 Å². The zero-order chi connectivity index (χ0) is 26.6. The molecule has 40 heavy (non-hydrogen) atoms. The number of benzene rings is 6. The molecule has 0 radical (unpaired) electrons. The number of rotatable bonds is 3. The molecule has 0 saturated heterocycles. The first-order valence-electron chi connectivity index (χ1n) is 13.8. The number of hydrogen-bond donors (Lipinski definition) is 0. The van der Waals surface area contributed by atoms with E-state index < -0.39 is 0 Å². The maximum Gasteiger partial charge on any atom is 0.135 e. The van der Waals surface area contributed by atoms with Gasteiger partial charge in [0.05, 0.1) is 0 Å². The summed E-state index contributed by atoms with van der Waals surface area (Å²) in [6.07, 6.45) is 4.18. The monoisotopic (exact) mass is 576 g/mol. The smallest absolute Gasteiger partial charge is 0.135 e. The van der Waals surface area contributed by atoms with E-state index in [9.17, 15) is 0 Å². The van der Waals surface area contributed by atoms with Gasteiger partial charge >= 0.3 is 0 Å². The second-order valence-corrected chi connectivity index (χ2v) is 11.4. The highest BCUT2D eigenvalue weighted by molar-refractivity contribution is 9.10. The van der Waals surface area contributed by atoms with Crippen molar-refractivity contribution in [2.24, 2.45) is 0 Å². The zero-order valence-corrected chi connectivity index (χ0v) is 23.4. The van der Waals surface area contributed by atoms with Crippen LogP contribution in [0.25, 0.3) is 66.4 Å². The number of fused-ring (bicyclic) bond motifs is 5. The van der Waals surface area contributed by atoms with Gasteiger partial charge in [-0.15, -0.1) is 0 Å². The molecule has 0 aliphatic heterocycles. The Hall–Kier alpha value is -4.40. The van der Waals surface area contributed by atoms with E-state index in [0.29, 0.717) is 0 Å². The lowest BCUT2D eigenvalue weighted by Crippen LogP contribution is -2.26. The normalized spacial score (nSPS) is 13.1. The van der Waals surface area contributed by atoms with E-state index in [2.05, 4.69) is 143 Å². The Morgan fingerprint density at radius 2 is 1.20 bits per heavy atom. The number of hydrogen-bond acceptors (Lipinski definition) is 1. The average Bonchev–Trinajstić information content (AvgIpc) is 3.38. The predicted octanol–water partition coefficient (Wildman–Crippen LogP) is 9.61. The fraction of sp³-hybridized carbons (Fsp3) is 0.0526. The van der Waals surface area contributed by atoms with Gasteiger partial charge in [0.1, 0.15) is 11.0 Å². The van der Waals surface area contributed by atoms with E-state index >= 15 is 0 Å². The molecule has 1 aliphatic carbocycles. The molecule has 1 nitrogen and oxygen atoms in total. The van der Waals surface area contributed by atoms with Crippen LogP contribution in [0.2, 0.25) is 0 Å². The van der Waals surface area contributed by atoms with Crippen molar-refractivity contribution in [3.8, 4) is 22.3 Å². The summed E-state index contributed by atoms with van der Waals surface area (Å²) in [6, 6.07) is 43.8. The second kappa shape index (κ2) is 9.36. The van der Waals surface area contributed by atoms with Gasteiger partial charge in [0, 0.05) is 15.1 Å². The van der Waals surface area contributed by atoms with E-state index in [1.807, 2.05) is 0 Å². The highest BCUT2D eigenvalue weighted by atomic mass is 79.9. The van der Waals surface area contributed by atoms with Crippen molar-refractivity contribution in [3.05, 3.63) is 142 Å². The van der Waals surface area contributed by atoms with Crippen LogP contribution in [0.3, 0.4) is 0 Å². The molecule has 1 aliphatic rings. The second-order valence-electron chi connectivity index (χ2n) is 10.5. The third-order valence-corrected chi connectivity index (χ3v) is 8.69. The van der Waals surface area contributed by atoms with Crippen LogP contribution in [0.15, 0.2) is 130 Å². The highest BCUT2D eigenvalue weighted by Crippen LogP contribution is 2.43. The molecule has 2 heteroatoms. The summed E-state index contributed by atoms with van der Waals surface area (Å²) in [5.74, 6) is 0. The molecule has 190 valence electrons. The Kier molecular flexibility index (Phi) is 5.50. The lowest BCUT2D eigenvalue weighted by molar-refractivity contribution is 0.571. The Labute approximate surface area is 240 Å². The minimum absolute atomic E-state index is 0.935. The van der Waals surface area contributed by atoms with Crippen molar-refractivity contribution in [2.75, 3.05) is 0 Å². The van der Waals surface area contributed by atoms with Crippen LogP contribution < -0.4 is 10.6 Å². The van der Waals surface area contributed by atoms with Gasteiger partial charge in [0.15, 0.2) is 0 Å². The first-order valence-corrected chi connectivity index (χ1v) is 14.6. The van der Waals surface area contributed by atoms with Crippen molar-refractivity contribution in [1.82, 2.24) is 0 Å². The van der Waals surface area contributed by atoms with Gasteiger partial charge in [0.2, 0.25) is 0 Å². The van der Waals surface area contributed by atoms with Crippen LogP contribution in [0.4, 0.5) is 0 Å². The number of halogens is 1. The lowest BCUT2D eigenvalue weighted by Gasteiger charge is -2.21. The molecule has 0 atom stereocenters. The first-order chi connectivity index (χ1) is 19.8. The summed E-state index contributed by atoms with van der Waals surface area (Å²) in [7, 11) is 0. The van der Waals surface area contributed by atoms with Crippen molar-refractivity contribution < 1.29 is 4.42 Å². The Balaban J connectivity index is 1.58. The molecule has 0 amide bonds. The zero-order valence-electron chi connectivity index (χ0n) is 21.8. The maximum atomic E-state index is 6.39. The third kappa shape index (κ3) is 3.67. The molecule has 0 saturated carbocycles. The first kappa shape index (κ1) is 23.5. The molecule has 1 heterocycles. The van der Waals surface area contributed by atoms with Gasteiger partial charge < -0.3 is 4.42 Å². The molecular formula is C38H25BrO. The topological polar surface area (TPSA) is 13.1 Å². The lowest BCUT2D eigenvalue weighted by atomic mass is 9.82.